The third-order valence-electron chi connectivity index (χ3n) is 5.96. The van der Waals surface area contributed by atoms with Crippen molar-refractivity contribution in [1.29, 1.82) is 0 Å². The number of ether oxygens (including phenoxy) is 3. The van der Waals surface area contributed by atoms with Crippen molar-refractivity contribution < 1.29 is 28.6 Å². The minimum atomic E-state index is -0.970. The van der Waals surface area contributed by atoms with Crippen molar-refractivity contribution in [2.45, 2.75) is 39.2 Å². The second-order valence-electron chi connectivity index (χ2n) is 8.61. The predicted molar refractivity (Wildman–Crippen MR) is 150 cm³/mol. The van der Waals surface area contributed by atoms with Gasteiger partial charge in [0.05, 0.1) is 25.5 Å². The zero-order chi connectivity index (χ0) is 27.8. The summed E-state index contributed by atoms with van der Waals surface area (Å²) in [5, 5.41) is 7.41. The summed E-state index contributed by atoms with van der Waals surface area (Å²) in [5.41, 5.74) is 5.01. The molecule has 0 radical (unpaired) electrons. The van der Waals surface area contributed by atoms with Gasteiger partial charge in [-0.2, -0.15) is 5.10 Å². The van der Waals surface area contributed by atoms with Crippen LogP contribution in [0.1, 0.15) is 51.7 Å². The van der Waals surface area contributed by atoms with Crippen LogP contribution in [0, 0.1) is 0 Å². The summed E-state index contributed by atoms with van der Waals surface area (Å²) in [7, 11) is 1.52. The number of anilines is 1. The number of hydrogen-bond acceptors (Lipinski definition) is 8. The van der Waals surface area contributed by atoms with Crippen molar-refractivity contribution in [3.8, 4) is 11.5 Å². The standard InChI is InChI=1S/C28H28ClN3O6S/c1-3-37-28(35)24-20-6-4-5-7-23(20)39-27(24)31-25(33)26(34)32-30-15-18-10-13-21(22(14-18)36-2)38-16-17-8-11-19(29)12-9-17/h8-15H,3-7,16H2,1-2H3,(H,31,33)(H,32,34)/b30-15+. The molecule has 2 N–H and O–H groups in total. The molecule has 0 atom stereocenters. The average molecular weight is 570 g/mol. The molecule has 0 aliphatic heterocycles. The molecule has 0 spiro atoms. The van der Waals surface area contributed by atoms with Gasteiger partial charge in [-0.05, 0) is 79.6 Å². The van der Waals surface area contributed by atoms with Gasteiger partial charge in [-0.15, -0.1) is 11.3 Å². The molecule has 11 heteroatoms. The van der Waals surface area contributed by atoms with Crippen molar-refractivity contribution in [2.24, 2.45) is 5.10 Å². The van der Waals surface area contributed by atoms with E-state index in [-0.39, 0.29) is 6.61 Å². The topological polar surface area (TPSA) is 115 Å². The molecular formula is C28H28ClN3O6S. The number of hydrogen-bond donors (Lipinski definition) is 2. The van der Waals surface area contributed by atoms with Crippen molar-refractivity contribution >= 4 is 51.9 Å². The average Bonchev–Trinajstić information content (AvgIpc) is 3.31. The first kappa shape index (κ1) is 28.1. The predicted octanol–water partition coefficient (Wildman–Crippen LogP) is 5.13. The highest BCUT2D eigenvalue weighted by Crippen LogP contribution is 2.38. The highest BCUT2D eigenvalue weighted by atomic mass is 35.5. The number of nitrogens with one attached hydrogen (secondary N) is 2. The van der Waals surface area contributed by atoms with Crippen molar-refractivity contribution in [3.05, 3.63) is 74.6 Å². The summed E-state index contributed by atoms with van der Waals surface area (Å²) in [4.78, 5) is 38.6. The molecule has 0 saturated carbocycles. The zero-order valence-corrected chi connectivity index (χ0v) is 23.1. The second-order valence-corrected chi connectivity index (χ2v) is 10.2. The molecule has 2 aromatic carbocycles. The van der Waals surface area contributed by atoms with Gasteiger partial charge in [-0.1, -0.05) is 23.7 Å². The van der Waals surface area contributed by atoms with E-state index in [1.54, 1.807) is 37.3 Å². The van der Waals surface area contributed by atoms with E-state index < -0.39 is 17.8 Å². The van der Waals surface area contributed by atoms with Gasteiger partial charge >= 0.3 is 17.8 Å². The van der Waals surface area contributed by atoms with E-state index in [0.717, 1.165) is 41.7 Å². The van der Waals surface area contributed by atoms with Crippen LogP contribution in [0.3, 0.4) is 0 Å². The van der Waals surface area contributed by atoms with Gasteiger partial charge in [0.1, 0.15) is 11.6 Å². The molecular weight excluding hydrogens is 542 g/mol. The molecule has 0 bridgehead atoms. The third kappa shape index (κ3) is 7.15. The summed E-state index contributed by atoms with van der Waals surface area (Å²) in [6.07, 6.45) is 4.91. The van der Waals surface area contributed by atoms with Crippen LogP contribution in [-0.4, -0.2) is 37.7 Å². The maximum absolute atomic E-state index is 12.6. The molecule has 2 amide bonds. The van der Waals surface area contributed by atoms with Gasteiger partial charge in [0, 0.05) is 9.90 Å². The lowest BCUT2D eigenvalue weighted by molar-refractivity contribution is -0.136. The Morgan fingerprint density at radius 1 is 1.05 bits per heavy atom. The summed E-state index contributed by atoms with van der Waals surface area (Å²) >= 11 is 7.23. The van der Waals surface area contributed by atoms with E-state index in [0.29, 0.717) is 39.3 Å². The number of carbonyl (C=O) groups excluding carboxylic acids is 3. The first-order valence-corrected chi connectivity index (χ1v) is 13.6. The number of nitrogens with zero attached hydrogens (tertiary/aromatic N) is 1. The Balaban J connectivity index is 1.37. The smallest absolute Gasteiger partial charge is 0.341 e. The van der Waals surface area contributed by atoms with Gasteiger partial charge in [0.2, 0.25) is 0 Å². The fraction of sp³-hybridized carbons (Fsp3) is 0.286. The fourth-order valence-corrected chi connectivity index (χ4v) is 5.47. The number of benzene rings is 2. The molecule has 1 aliphatic carbocycles. The highest BCUT2D eigenvalue weighted by Gasteiger charge is 2.28. The first-order valence-electron chi connectivity index (χ1n) is 12.4. The molecule has 1 aromatic heterocycles. The number of thiophene rings is 1. The second kappa shape index (κ2) is 13.3. The minimum Gasteiger partial charge on any atom is -0.493 e. The lowest BCUT2D eigenvalue weighted by atomic mass is 9.95. The summed E-state index contributed by atoms with van der Waals surface area (Å²) in [6, 6.07) is 12.5. The van der Waals surface area contributed by atoms with Gasteiger partial charge in [-0.3, -0.25) is 9.59 Å². The number of carbonyl (C=O) groups is 3. The van der Waals surface area contributed by atoms with E-state index in [9.17, 15) is 14.4 Å². The van der Waals surface area contributed by atoms with Crippen LogP contribution < -0.4 is 20.2 Å². The van der Waals surface area contributed by atoms with Crippen LogP contribution in [0.5, 0.6) is 11.5 Å². The molecule has 0 fully saturated rings. The van der Waals surface area contributed by atoms with Crippen LogP contribution in [0.15, 0.2) is 47.6 Å². The molecule has 204 valence electrons. The lowest BCUT2D eigenvalue weighted by Crippen LogP contribution is -2.32. The number of amides is 2. The van der Waals surface area contributed by atoms with E-state index in [2.05, 4.69) is 15.8 Å². The minimum absolute atomic E-state index is 0.215. The van der Waals surface area contributed by atoms with E-state index in [1.807, 2.05) is 12.1 Å². The summed E-state index contributed by atoms with van der Waals surface area (Å²) in [6.45, 7) is 2.27. The molecule has 3 aromatic rings. The van der Waals surface area contributed by atoms with Gasteiger partial charge in [-0.25, -0.2) is 10.2 Å². The Bertz CT molecular complexity index is 1390. The van der Waals surface area contributed by atoms with Crippen molar-refractivity contribution in [3.63, 3.8) is 0 Å². The lowest BCUT2D eigenvalue weighted by Gasteiger charge is -2.12. The number of rotatable bonds is 9. The van der Waals surface area contributed by atoms with Crippen LogP contribution in [0.25, 0.3) is 0 Å². The normalized spacial score (nSPS) is 12.5. The highest BCUT2D eigenvalue weighted by molar-refractivity contribution is 7.17. The third-order valence-corrected chi connectivity index (χ3v) is 7.42. The van der Waals surface area contributed by atoms with Crippen molar-refractivity contribution in [1.82, 2.24) is 5.43 Å². The van der Waals surface area contributed by atoms with E-state index >= 15 is 0 Å². The van der Waals surface area contributed by atoms with Crippen LogP contribution in [0.4, 0.5) is 5.00 Å². The maximum Gasteiger partial charge on any atom is 0.341 e. The largest absolute Gasteiger partial charge is 0.493 e. The SMILES string of the molecule is CCOC(=O)c1c(NC(=O)C(=O)N/N=C/c2ccc(OCc3ccc(Cl)cc3)c(OC)c2)sc2c1CCCC2. The molecule has 39 heavy (non-hydrogen) atoms. The van der Waals surface area contributed by atoms with E-state index in [4.69, 9.17) is 25.8 Å². The quantitative estimate of drug-likeness (QED) is 0.160. The number of methoxy groups -OCH3 is 1. The monoisotopic (exact) mass is 569 g/mol. The van der Waals surface area contributed by atoms with Crippen LogP contribution in [-0.2, 0) is 33.8 Å². The first-order chi connectivity index (χ1) is 18.9. The molecule has 1 heterocycles. The Kier molecular flexibility index (Phi) is 9.56. The summed E-state index contributed by atoms with van der Waals surface area (Å²) < 4.78 is 16.4. The number of halogens is 1. The van der Waals surface area contributed by atoms with Crippen LogP contribution in [0.2, 0.25) is 5.02 Å². The molecule has 9 nitrogen and oxygen atoms in total. The Morgan fingerprint density at radius 2 is 1.82 bits per heavy atom. The number of aryl methyl sites for hydroxylation is 1. The Morgan fingerprint density at radius 3 is 2.56 bits per heavy atom. The molecule has 0 unspecified atom stereocenters. The Hall–Kier alpha value is -3.89. The number of hydrazone groups is 1. The van der Waals surface area contributed by atoms with E-state index in [1.165, 1.54) is 24.7 Å². The zero-order valence-electron chi connectivity index (χ0n) is 21.5. The maximum atomic E-state index is 12.6. The van der Waals surface area contributed by atoms with Gasteiger partial charge in [0.15, 0.2) is 11.5 Å². The Labute approximate surface area is 235 Å². The summed E-state index contributed by atoms with van der Waals surface area (Å²) in [5.74, 6) is -1.39. The number of fused-ring (bicyclic) bond motifs is 1. The number of esters is 1. The fourth-order valence-electron chi connectivity index (χ4n) is 4.07. The molecule has 0 saturated heterocycles. The molecule has 4 rings (SSSR count). The van der Waals surface area contributed by atoms with Crippen molar-refractivity contribution in [2.75, 3.05) is 19.0 Å². The van der Waals surface area contributed by atoms with Crippen LogP contribution >= 0.6 is 22.9 Å². The van der Waals surface area contributed by atoms with Gasteiger partial charge in [0.25, 0.3) is 0 Å². The van der Waals surface area contributed by atoms with Gasteiger partial charge < -0.3 is 19.5 Å². The molecule has 1 aliphatic rings.